The number of anilines is 2. The van der Waals surface area contributed by atoms with E-state index in [9.17, 15) is 13.7 Å². The molecular formula is C22H22Cl2N6O4S. The van der Waals surface area contributed by atoms with Gasteiger partial charge < -0.3 is 14.4 Å². The van der Waals surface area contributed by atoms with Gasteiger partial charge in [0, 0.05) is 44.1 Å². The van der Waals surface area contributed by atoms with E-state index in [1.165, 1.54) is 6.20 Å². The van der Waals surface area contributed by atoms with Crippen molar-refractivity contribution in [3.8, 4) is 17.6 Å². The maximum Gasteiger partial charge on any atom is 0.231 e. The van der Waals surface area contributed by atoms with E-state index in [0.29, 0.717) is 46.2 Å². The highest BCUT2D eigenvalue weighted by molar-refractivity contribution is 7.92. The SMILES string of the molecule is CS(=O)(=O)Nc1cnc2cc(N3CCC(Oc4cc(Cl)c(OCCCl)c(C#N)c4)CC3)ncc2n1. The molecule has 0 saturated carbocycles. The fourth-order valence-electron chi connectivity index (χ4n) is 3.72. The molecule has 35 heavy (non-hydrogen) atoms. The maximum absolute atomic E-state index is 11.4. The number of aromatic nitrogens is 3. The second kappa shape index (κ2) is 10.7. The summed E-state index contributed by atoms with van der Waals surface area (Å²) in [6.45, 7) is 1.67. The molecule has 0 atom stereocenters. The van der Waals surface area contributed by atoms with Crippen LogP contribution in [-0.4, -0.2) is 61.3 Å². The Morgan fingerprint density at radius 3 is 2.66 bits per heavy atom. The molecule has 0 radical (unpaired) electrons. The minimum absolute atomic E-state index is 0.0478. The average molecular weight is 537 g/mol. The topological polar surface area (TPSA) is 130 Å². The Balaban J connectivity index is 1.40. The number of fused-ring (bicyclic) bond motifs is 1. The predicted octanol–water partition coefficient (Wildman–Crippen LogP) is 3.59. The number of sulfonamides is 1. The van der Waals surface area contributed by atoms with E-state index in [2.05, 4.69) is 30.6 Å². The number of alkyl halides is 1. The summed E-state index contributed by atoms with van der Waals surface area (Å²) >= 11 is 12.0. The molecule has 0 spiro atoms. The summed E-state index contributed by atoms with van der Waals surface area (Å²) in [5, 5.41) is 9.75. The van der Waals surface area contributed by atoms with Crippen LogP contribution in [0.25, 0.3) is 11.0 Å². The van der Waals surface area contributed by atoms with Crippen molar-refractivity contribution in [1.82, 2.24) is 15.0 Å². The molecule has 13 heteroatoms. The van der Waals surface area contributed by atoms with Gasteiger partial charge in [-0.15, -0.1) is 11.6 Å². The van der Waals surface area contributed by atoms with Gasteiger partial charge >= 0.3 is 0 Å². The van der Waals surface area contributed by atoms with Gasteiger partial charge in [-0.05, 0) is 0 Å². The smallest absolute Gasteiger partial charge is 0.231 e. The Morgan fingerprint density at radius 1 is 1.20 bits per heavy atom. The van der Waals surface area contributed by atoms with Gasteiger partial charge in [-0.3, -0.25) is 9.71 Å². The lowest BCUT2D eigenvalue weighted by Gasteiger charge is -2.33. The number of hydrogen-bond acceptors (Lipinski definition) is 9. The molecule has 1 saturated heterocycles. The Morgan fingerprint density at radius 2 is 1.97 bits per heavy atom. The van der Waals surface area contributed by atoms with Crippen molar-refractivity contribution in [1.29, 1.82) is 5.26 Å². The monoisotopic (exact) mass is 536 g/mol. The van der Waals surface area contributed by atoms with Crippen LogP contribution in [0.3, 0.4) is 0 Å². The van der Waals surface area contributed by atoms with Crippen LogP contribution in [0, 0.1) is 11.3 Å². The van der Waals surface area contributed by atoms with E-state index >= 15 is 0 Å². The minimum atomic E-state index is -3.44. The molecule has 4 rings (SSSR count). The molecule has 1 aliphatic heterocycles. The molecule has 2 aromatic heterocycles. The summed E-state index contributed by atoms with van der Waals surface area (Å²) in [6, 6.07) is 7.18. The lowest BCUT2D eigenvalue weighted by molar-refractivity contribution is 0.170. The second-order valence-corrected chi connectivity index (χ2v) is 10.4. The van der Waals surface area contributed by atoms with Gasteiger partial charge in [0.1, 0.15) is 35.9 Å². The molecule has 1 fully saturated rings. The van der Waals surface area contributed by atoms with Gasteiger partial charge in [-0.25, -0.2) is 18.4 Å². The summed E-state index contributed by atoms with van der Waals surface area (Å²) in [7, 11) is -3.44. The zero-order valence-corrected chi connectivity index (χ0v) is 21.1. The van der Waals surface area contributed by atoms with E-state index in [0.717, 1.165) is 24.9 Å². The van der Waals surface area contributed by atoms with Gasteiger partial charge in [0.25, 0.3) is 0 Å². The van der Waals surface area contributed by atoms with Crippen LogP contribution in [0.15, 0.2) is 30.6 Å². The summed E-state index contributed by atoms with van der Waals surface area (Å²) < 4.78 is 36.7. The third-order valence-electron chi connectivity index (χ3n) is 5.23. The zero-order chi connectivity index (χ0) is 25.0. The minimum Gasteiger partial charge on any atom is -0.490 e. The van der Waals surface area contributed by atoms with Gasteiger partial charge in [0.2, 0.25) is 10.0 Å². The van der Waals surface area contributed by atoms with Crippen molar-refractivity contribution in [3.05, 3.63) is 41.2 Å². The first kappa shape index (κ1) is 25.0. The number of nitrogens with zero attached hydrogens (tertiary/aromatic N) is 5. The molecule has 10 nitrogen and oxygen atoms in total. The number of nitrogens with one attached hydrogen (secondary N) is 1. The highest BCUT2D eigenvalue weighted by Crippen LogP contribution is 2.34. The third-order valence-corrected chi connectivity index (χ3v) is 6.25. The van der Waals surface area contributed by atoms with Crippen LogP contribution in [0.4, 0.5) is 11.6 Å². The molecule has 0 unspecified atom stereocenters. The zero-order valence-electron chi connectivity index (χ0n) is 18.7. The largest absolute Gasteiger partial charge is 0.490 e. The fourth-order valence-corrected chi connectivity index (χ4v) is 4.54. The first-order chi connectivity index (χ1) is 16.8. The van der Waals surface area contributed by atoms with Crippen LogP contribution in [0.2, 0.25) is 5.02 Å². The van der Waals surface area contributed by atoms with Gasteiger partial charge in [-0.1, -0.05) is 11.6 Å². The molecule has 0 amide bonds. The number of nitriles is 1. The molecule has 1 aliphatic rings. The van der Waals surface area contributed by atoms with Crippen molar-refractivity contribution in [2.75, 3.05) is 41.5 Å². The number of piperidine rings is 1. The molecule has 3 aromatic rings. The quantitative estimate of drug-likeness (QED) is 0.429. The standard InChI is InChI=1S/C22H22Cl2N6O4S/c1-35(31,32)29-20-13-26-18-10-21(27-12-19(18)28-20)30-5-2-15(3-6-30)34-16-8-14(11-25)22(17(24)9-16)33-7-4-23/h8-10,12-13,15H,2-7H2,1H3,(H,28,29). The summed E-state index contributed by atoms with van der Waals surface area (Å²) in [5.74, 6) is 2.01. The molecule has 0 aliphatic carbocycles. The van der Waals surface area contributed by atoms with Crippen LogP contribution < -0.4 is 19.1 Å². The summed E-state index contributed by atoms with van der Waals surface area (Å²) in [4.78, 5) is 15.2. The first-order valence-electron chi connectivity index (χ1n) is 10.7. The molecule has 1 aromatic carbocycles. The van der Waals surface area contributed by atoms with Crippen LogP contribution in [0.1, 0.15) is 18.4 Å². The van der Waals surface area contributed by atoms with Crippen molar-refractivity contribution in [2.24, 2.45) is 0 Å². The van der Waals surface area contributed by atoms with Crippen molar-refractivity contribution >= 4 is 55.9 Å². The van der Waals surface area contributed by atoms with E-state index in [4.69, 9.17) is 32.7 Å². The predicted molar refractivity (Wildman–Crippen MR) is 134 cm³/mol. The first-order valence-corrected chi connectivity index (χ1v) is 13.5. The molecular weight excluding hydrogens is 515 g/mol. The Bertz CT molecular complexity index is 1370. The normalized spacial score (nSPS) is 14.5. The van der Waals surface area contributed by atoms with Crippen molar-refractivity contribution < 1.29 is 17.9 Å². The number of benzene rings is 1. The maximum atomic E-state index is 11.4. The van der Waals surface area contributed by atoms with Crippen LogP contribution in [-0.2, 0) is 10.0 Å². The summed E-state index contributed by atoms with van der Waals surface area (Å²) in [5.41, 5.74) is 1.40. The lowest BCUT2D eigenvalue weighted by atomic mass is 10.1. The average Bonchev–Trinajstić information content (AvgIpc) is 2.82. The number of ether oxygens (including phenoxy) is 2. The molecule has 1 N–H and O–H groups in total. The van der Waals surface area contributed by atoms with E-state index in [-0.39, 0.29) is 24.4 Å². The third kappa shape index (κ3) is 6.33. The number of pyridine rings is 1. The van der Waals surface area contributed by atoms with Crippen molar-refractivity contribution in [3.63, 3.8) is 0 Å². The number of halogens is 2. The number of rotatable bonds is 8. The molecule has 0 bridgehead atoms. The van der Waals surface area contributed by atoms with Crippen LogP contribution in [0.5, 0.6) is 11.5 Å². The van der Waals surface area contributed by atoms with Gasteiger partial charge in [0.15, 0.2) is 11.6 Å². The van der Waals surface area contributed by atoms with E-state index in [1.807, 2.05) is 6.07 Å². The van der Waals surface area contributed by atoms with Crippen molar-refractivity contribution in [2.45, 2.75) is 18.9 Å². The number of hydrogen-bond donors (Lipinski definition) is 1. The fraction of sp³-hybridized carbons (Fsp3) is 0.364. The Labute approximate surface area is 212 Å². The van der Waals surface area contributed by atoms with Gasteiger partial charge in [0.05, 0.1) is 40.6 Å². The lowest BCUT2D eigenvalue weighted by Crippen LogP contribution is -2.38. The molecule has 184 valence electrons. The van der Waals surface area contributed by atoms with E-state index in [1.54, 1.807) is 18.3 Å². The molecule has 3 heterocycles. The van der Waals surface area contributed by atoms with Crippen LogP contribution >= 0.6 is 23.2 Å². The second-order valence-electron chi connectivity index (χ2n) is 7.90. The van der Waals surface area contributed by atoms with E-state index < -0.39 is 10.0 Å². The summed E-state index contributed by atoms with van der Waals surface area (Å²) in [6.07, 6.45) is 5.44. The Hall–Kier alpha value is -3.07. The highest BCUT2D eigenvalue weighted by atomic mass is 35.5. The van der Waals surface area contributed by atoms with Gasteiger partial charge in [-0.2, -0.15) is 5.26 Å². The Kier molecular flexibility index (Phi) is 7.64. The highest BCUT2D eigenvalue weighted by Gasteiger charge is 2.23.